The molecule has 3 aromatic rings. The summed E-state index contributed by atoms with van der Waals surface area (Å²) in [5.41, 5.74) is 9.83. The third-order valence-corrected chi connectivity index (χ3v) is 4.12. The van der Waals surface area contributed by atoms with Gasteiger partial charge in [-0.15, -0.1) is 11.3 Å². The molecule has 2 nitrogen and oxygen atoms in total. The molecule has 0 amide bonds. The van der Waals surface area contributed by atoms with Crippen LogP contribution in [0.5, 0.6) is 0 Å². The van der Waals surface area contributed by atoms with Crippen LogP contribution >= 0.6 is 22.9 Å². The first kappa shape index (κ1) is 13.2. The molecule has 100 valence electrons. The van der Waals surface area contributed by atoms with Crippen LogP contribution in [0.15, 0.2) is 53.9 Å². The third-order valence-electron chi connectivity index (χ3n) is 3.03. The summed E-state index contributed by atoms with van der Waals surface area (Å²) >= 11 is 7.64. The van der Waals surface area contributed by atoms with Crippen molar-refractivity contribution in [2.45, 2.75) is 6.42 Å². The summed E-state index contributed by atoms with van der Waals surface area (Å²) in [6, 6.07) is 15.7. The van der Waals surface area contributed by atoms with Gasteiger partial charge in [0.1, 0.15) is 0 Å². The molecular weight excluding hydrogens is 288 g/mol. The van der Waals surface area contributed by atoms with Gasteiger partial charge in [0.25, 0.3) is 0 Å². The fourth-order valence-electron chi connectivity index (χ4n) is 2.07. The van der Waals surface area contributed by atoms with E-state index in [0.717, 1.165) is 33.4 Å². The lowest BCUT2D eigenvalue weighted by atomic mass is 10.1. The lowest BCUT2D eigenvalue weighted by molar-refractivity contribution is 1.14. The number of benzene rings is 2. The average molecular weight is 301 g/mol. The van der Waals surface area contributed by atoms with Gasteiger partial charge in [0, 0.05) is 28.1 Å². The van der Waals surface area contributed by atoms with Gasteiger partial charge in [-0.25, -0.2) is 4.98 Å². The van der Waals surface area contributed by atoms with Crippen LogP contribution in [-0.4, -0.2) is 4.98 Å². The minimum Gasteiger partial charge on any atom is -0.398 e. The number of nitrogens with two attached hydrogens (primary N) is 1. The Bertz CT molecular complexity index is 737. The van der Waals surface area contributed by atoms with Gasteiger partial charge in [0.2, 0.25) is 0 Å². The zero-order valence-corrected chi connectivity index (χ0v) is 12.3. The quantitative estimate of drug-likeness (QED) is 0.716. The van der Waals surface area contributed by atoms with E-state index in [1.165, 1.54) is 5.56 Å². The molecule has 20 heavy (non-hydrogen) atoms. The van der Waals surface area contributed by atoms with Gasteiger partial charge in [-0.2, -0.15) is 0 Å². The number of nitrogens with zero attached hydrogens (tertiary/aromatic N) is 1. The van der Waals surface area contributed by atoms with Crippen LogP contribution in [0.1, 0.15) is 10.6 Å². The highest BCUT2D eigenvalue weighted by Gasteiger charge is 2.07. The van der Waals surface area contributed by atoms with E-state index in [1.807, 2.05) is 47.8 Å². The molecule has 0 atom stereocenters. The molecule has 0 saturated heterocycles. The highest BCUT2D eigenvalue weighted by atomic mass is 35.5. The number of anilines is 1. The molecule has 0 bridgehead atoms. The number of aromatic nitrogens is 1. The average Bonchev–Trinajstić information content (AvgIpc) is 2.87. The van der Waals surface area contributed by atoms with E-state index in [1.54, 1.807) is 11.3 Å². The Balaban J connectivity index is 1.86. The van der Waals surface area contributed by atoms with Crippen LogP contribution in [0.25, 0.3) is 11.3 Å². The molecule has 0 aliphatic rings. The fraction of sp³-hybridized carbons (Fsp3) is 0.0625. The minimum atomic E-state index is 0.756. The summed E-state index contributed by atoms with van der Waals surface area (Å²) in [4.78, 5) is 4.66. The Morgan fingerprint density at radius 3 is 2.75 bits per heavy atom. The molecule has 2 N–H and O–H groups in total. The first-order valence-electron chi connectivity index (χ1n) is 6.26. The number of halogens is 1. The smallest absolute Gasteiger partial charge is 0.0976 e. The maximum atomic E-state index is 6.00. The molecular formula is C16H13ClN2S. The number of thiazole rings is 1. The van der Waals surface area contributed by atoms with E-state index in [4.69, 9.17) is 17.3 Å². The molecule has 0 aliphatic heterocycles. The topological polar surface area (TPSA) is 38.9 Å². The zero-order valence-electron chi connectivity index (χ0n) is 10.7. The molecule has 0 unspecified atom stereocenters. The SMILES string of the molecule is Nc1ccccc1-c1csc(Cc2cccc(Cl)c2)n1. The molecule has 0 fully saturated rings. The Hall–Kier alpha value is -1.84. The summed E-state index contributed by atoms with van der Waals surface area (Å²) < 4.78 is 0. The van der Waals surface area contributed by atoms with Crippen molar-refractivity contribution < 1.29 is 0 Å². The van der Waals surface area contributed by atoms with Gasteiger partial charge in [-0.1, -0.05) is 41.9 Å². The van der Waals surface area contributed by atoms with Crippen molar-refractivity contribution >= 4 is 28.6 Å². The summed E-state index contributed by atoms with van der Waals surface area (Å²) in [6.07, 6.45) is 0.790. The van der Waals surface area contributed by atoms with E-state index in [9.17, 15) is 0 Å². The Kier molecular flexibility index (Phi) is 3.72. The molecule has 2 aromatic carbocycles. The van der Waals surface area contributed by atoms with Crippen molar-refractivity contribution in [3.8, 4) is 11.3 Å². The summed E-state index contributed by atoms with van der Waals surface area (Å²) in [5, 5.41) is 3.86. The number of nitrogen functional groups attached to an aromatic ring is 1. The molecule has 3 rings (SSSR count). The second-order valence-corrected chi connectivity index (χ2v) is 5.90. The van der Waals surface area contributed by atoms with Crippen molar-refractivity contribution in [1.82, 2.24) is 4.98 Å². The van der Waals surface area contributed by atoms with E-state index >= 15 is 0 Å². The first-order chi connectivity index (χ1) is 9.72. The highest BCUT2D eigenvalue weighted by Crippen LogP contribution is 2.27. The third kappa shape index (κ3) is 2.84. The number of rotatable bonds is 3. The van der Waals surface area contributed by atoms with E-state index in [0.29, 0.717) is 0 Å². The van der Waals surface area contributed by atoms with Crippen molar-refractivity contribution in [2.75, 3.05) is 5.73 Å². The zero-order chi connectivity index (χ0) is 13.9. The van der Waals surface area contributed by atoms with Gasteiger partial charge in [-0.05, 0) is 23.8 Å². The van der Waals surface area contributed by atoms with Crippen LogP contribution in [0, 0.1) is 0 Å². The Morgan fingerprint density at radius 1 is 1.10 bits per heavy atom. The standard InChI is InChI=1S/C16H13ClN2S/c17-12-5-3-4-11(8-12)9-16-19-15(10-20-16)13-6-1-2-7-14(13)18/h1-8,10H,9,18H2. The van der Waals surface area contributed by atoms with Crippen LogP contribution in [0.3, 0.4) is 0 Å². The maximum absolute atomic E-state index is 6.00. The van der Waals surface area contributed by atoms with Crippen LogP contribution in [0.4, 0.5) is 5.69 Å². The lowest BCUT2D eigenvalue weighted by Crippen LogP contribution is -1.91. The molecule has 4 heteroatoms. The number of para-hydroxylation sites is 1. The monoisotopic (exact) mass is 300 g/mol. The molecule has 0 aliphatic carbocycles. The van der Waals surface area contributed by atoms with Crippen molar-refractivity contribution in [3.05, 3.63) is 69.5 Å². The molecule has 0 saturated carbocycles. The Labute approximate surface area is 126 Å². The predicted molar refractivity (Wildman–Crippen MR) is 86.2 cm³/mol. The largest absolute Gasteiger partial charge is 0.398 e. The summed E-state index contributed by atoms with van der Waals surface area (Å²) in [6.45, 7) is 0. The van der Waals surface area contributed by atoms with E-state index in [2.05, 4.69) is 11.1 Å². The highest BCUT2D eigenvalue weighted by molar-refractivity contribution is 7.10. The van der Waals surface area contributed by atoms with Gasteiger partial charge < -0.3 is 5.73 Å². The van der Waals surface area contributed by atoms with Gasteiger partial charge in [0.05, 0.1) is 10.7 Å². The van der Waals surface area contributed by atoms with Gasteiger partial charge >= 0.3 is 0 Å². The second kappa shape index (κ2) is 5.65. The molecule has 0 radical (unpaired) electrons. The van der Waals surface area contributed by atoms with Crippen molar-refractivity contribution in [2.24, 2.45) is 0 Å². The second-order valence-electron chi connectivity index (χ2n) is 4.52. The number of hydrogen-bond donors (Lipinski definition) is 1. The van der Waals surface area contributed by atoms with Crippen molar-refractivity contribution in [1.29, 1.82) is 0 Å². The summed E-state index contributed by atoms with van der Waals surface area (Å²) in [7, 11) is 0. The number of hydrogen-bond acceptors (Lipinski definition) is 3. The van der Waals surface area contributed by atoms with Gasteiger partial charge in [0.15, 0.2) is 0 Å². The van der Waals surface area contributed by atoms with Crippen LogP contribution in [-0.2, 0) is 6.42 Å². The minimum absolute atomic E-state index is 0.756. The van der Waals surface area contributed by atoms with E-state index < -0.39 is 0 Å². The Morgan fingerprint density at radius 2 is 1.95 bits per heavy atom. The van der Waals surface area contributed by atoms with Crippen LogP contribution < -0.4 is 5.73 Å². The molecule has 1 aromatic heterocycles. The fourth-order valence-corrected chi connectivity index (χ4v) is 3.11. The van der Waals surface area contributed by atoms with Crippen molar-refractivity contribution in [3.63, 3.8) is 0 Å². The van der Waals surface area contributed by atoms with Crippen LogP contribution in [0.2, 0.25) is 5.02 Å². The first-order valence-corrected chi connectivity index (χ1v) is 7.52. The maximum Gasteiger partial charge on any atom is 0.0976 e. The summed E-state index contributed by atoms with van der Waals surface area (Å²) in [5.74, 6) is 0. The molecule has 1 heterocycles. The molecule has 0 spiro atoms. The van der Waals surface area contributed by atoms with Gasteiger partial charge in [-0.3, -0.25) is 0 Å². The van der Waals surface area contributed by atoms with E-state index in [-0.39, 0.29) is 0 Å². The lowest BCUT2D eigenvalue weighted by Gasteiger charge is -2.01. The normalized spacial score (nSPS) is 10.7. The predicted octanol–water partition coefficient (Wildman–Crippen LogP) is 4.64.